The molecule has 0 atom stereocenters. The number of amides is 2. The second-order valence-electron chi connectivity index (χ2n) is 5.34. The first kappa shape index (κ1) is 18.0. The van der Waals surface area contributed by atoms with Crippen molar-refractivity contribution in [1.29, 1.82) is 0 Å². The van der Waals surface area contributed by atoms with Gasteiger partial charge in [0.05, 0.1) is 6.61 Å². The van der Waals surface area contributed by atoms with Crippen LogP contribution in [-0.4, -0.2) is 49.3 Å². The first-order chi connectivity index (χ1) is 11.5. The van der Waals surface area contributed by atoms with Gasteiger partial charge in [0.25, 0.3) is 5.91 Å². The van der Waals surface area contributed by atoms with E-state index in [1.54, 1.807) is 11.8 Å². The van der Waals surface area contributed by atoms with Gasteiger partial charge in [-0.25, -0.2) is 4.79 Å². The Labute approximate surface area is 138 Å². The molecule has 0 aromatic heterocycles. The van der Waals surface area contributed by atoms with Crippen LogP contribution in [0.4, 0.5) is 13.6 Å². The van der Waals surface area contributed by atoms with Gasteiger partial charge in [-0.15, -0.1) is 0 Å². The number of halogens is 2. The molecule has 1 aromatic carbocycles. The van der Waals surface area contributed by atoms with Crippen LogP contribution in [0.25, 0.3) is 0 Å². The maximum atomic E-state index is 12.2. The Hall–Kier alpha value is -2.38. The van der Waals surface area contributed by atoms with E-state index in [4.69, 9.17) is 4.74 Å². The van der Waals surface area contributed by atoms with E-state index in [0.29, 0.717) is 38.1 Å². The quantitative estimate of drug-likeness (QED) is 0.893. The van der Waals surface area contributed by atoms with Gasteiger partial charge in [-0.3, -0.25) is 4.79 Å². The number of hydrogen-bond donors (Lipinski definition) is 1. The zero-order chi connectivity index (χ0) is 17.5. The molecule has 0 unspecified atom stereocenters. The van der Waals surface area contributed by atoms with Gasteiger partial charge < -0.3 is 19.7 Å². The molecule has 2 amide bonds. The minimum absolute atomic E-state index is 0.00398. The van der Waals surface area contributed by atoms with Crippen LogP contribution in [0.1, 0.15) is 30.1 Å². The van der Waals surface area contributed by atoms with Crippen LogP contribution >= 0.6 is 0 Å². The van der Waals surface area contributed by atoms with Gasteiger partial charge in [0, 0.05) is 24.7 Å². The molecule has 1 N–H and O–H groups in total. The molecule has 1 aliphatic heterocycles. The third-order valence-electron chi connectivity index (χ3n) is 3.70. The van der Waals surface area contributed by atoms with Crippen molar-refractivity contribution in [2.24, 2.45) is 0 Å². The van der Waals surface area contributed by atoms with E-state index >= 15 is 0 Å². The Morgan fingerprint density at radius 1 is 1.25 bits per heavy atom. The van der Waals surface area contributed by atoms with Gasteiger partial charge in [0.1, 0.15) is 5.75 Å². The molecule has 1 aromatic rings. The average molecular weight is 342 g/mol. The summed E-state index contributed by atoms with van der Waals surface area (Å²) in [5.41, 5.74) is 0.365. The number of piperidine rings is 1. The summed E-state index contributed by atoms with van der Waals surface area (Å²) in [5.74, 6) is -0.280. The van der Waals surface area contributed by atoms with Crippen molar-refractivity contribution in [1.82, 2.24) is 10.2 Å². The molecular formula is C16H20F2N2O4. The van der Waals surface area contributed by atoms with Crippen LogP contribution in [-0.2, 0) is 4.74 Å². The van der Waals surface area contributed by atoms with Crippen LogP contribution in [0.2, 0.25) is 0 Å². The molecule has 8 heteroatoms. The summed E-state index contributed by atoms with van der Waals surface area (Å²) in [7, 11) is 0. The Morgan fingerprint density at radius 2 is 1.88 bits per heavy atom. The van der Waals surface area contributed by atoms with Crippen LogP contribution in [0.3, 0.4) is 0 Å². The predicted molar refractivity (Wildman–Crippen MR) is 82.2 cm³/mol. The molecule has 1 saturated heterocycles. The molecule has 0 saturated carbocycles. The number of rotatable bonds is 5. The number of likely N-dealkylation sites (tertiary alicyclic amines) is 1. The Kier molecular flexibility index (Phi) is 6.34. The SMILES string of the molecule is CCOC(=O)N1CCC(NC(=O)c2ccc(OC(F)F)cc2)CC1. The first-order valence-corrected chi connectivity index (χ1v) is 7.77. The summed E-state index contributed by atoms with van der Waals surface area (Å²) < 4.78 is 33.4. The molecule has 1 fully saturated rings. The lowest BCUT2D eigenvalue weighted by Gasteiger charge is -2.31. The lowest BCUT2D eigenvalue weighted by atomic mass is 10.0. The number of ether oxygens (including phenoxy) is 2. The third kappa shape index (κ3) is 5.07. The van der Waals surface area contributed by atoms with E-state index in [1.807, 2.05) is 0 Å². The standard InChI is InChI=1S/C16H20F2N2O4/c1-2-23-16(22)20-9-7-12(8-10-20)19-14(21)11-3-5-13(6-4-11)24-15(17)18/h3-6,12,15H,2,7-10H2,1H3,(H,19,21). The smallest absolute Gasteiger partial charge is 0.409 e. The number of carbonyl (C=O) groups is 2. The van der Waals surface area contributed by atoms with Crippen molar-refractivity contribution in [2.75, 3.05) is 19.7 Å². The van der Waals surface area contributed by atoms with E-state index in [1.165, 1.54) is 24.3 Å². The van der Waals surface area contributed by atoms with Gasteiger partial charge >= 0.3 is 12.7 Å². The molecule has 24 heavy (non-hydrogen) atoms. The van der Waals surface area contributed by atoms with Crippen LogP contribution in [0.15, 0.2) is 24.3 Å². The molecule has 1 aliphatic rings. The minimum atomic E-state index is -2.89. The molecule has 0 aliphatic carbocycles. The summed E-state index contributed by atoms with van der Waals surface area (Å²) in [4.78, 5) is 25.4. The van der Waals surface area contributed by atoms with Crippen molar-refractivity contribution >= 4 is 12.0 Å². The number of nitrogens with one attached hydrogen (secondary N) is 1. The van der Waals surface area contributed by atoms with Crippen molar-refractivity contribution in [3.8, 4) is 5.75 Å². The lowest BCUT2D eigenvalue weighted by molar-refractivity contribution is -0.0498. The minimum Gasteiger partial charge on any atom is -0.450 e. The second-order valence-corrected chi connectivity index (χ2v) is 5.34. The first-order valence-electron chi connectivity index (χ1n) is 7.77. The fourth-order valence-electron chi connectivity index (χ4n) is 2.48. The normalized spacial score (nSPS) is 15.2. The van der Waals surface area contributed by atoms with Gasteiger partial charge in [0.15, 0.2) is 0 Å². The van der Waals surface area contributed by atoms with E-state index in [2.05, 4.69) is 10.1 Å². The number of carbonyl (C=O) groups excluding carboxylic acids is 2. The Balaban J connectivity index is 1.82. The number of alkyl halides is 2. The monoisotopic (exact) mass is 342 g/mol. The third-order valence-corrected chi connectivity index (χ3v) is 3.70. The molecule has 0 radical (unpaired) electrons. The Bertz CT molecular complexity index is 558. The summed E-state index contributed by atoms with van der Waals surface area (Å²) in [6, 6.07) is 5.47. The maximum absolute atomic E-state index is 12.2. The lowest BCUT2D eigenvalue weighted by Crippen LogP contribution is -2.46. The van der Waals surface area contributed by atoms with E-state index in [9.17, 15) is 18.4 Å². The van der Waals surface area contributed by atoms with Gasteiger partial charge in [-0.2, -0.15) is 8.78 Å². The van der Waals surface area contributed by atoms with E-state index in [0.717, 1.165) is 0 Å². The fraction of sp³-hybridized carbons (Fsp3) is 0.500. The van der Waals surface area contributed by atoms with Gasteiger partial charge in [-0.05, 0) is 44.0 Å². The second kappa shape index (κ2) is 8.47. The summed E-state index contributed by atoms with van der Waals surface area (Å²) in [6.45, 7) is 0.230. The highest BCUT2D eigenvalue weighted by molar-refractivity contribution is 5.94. The highest BCUT2D eigenvalue weighted by Crippen LogP contribution is 2.16. The molecular weight excluding hydrogens is 322 g/mol. The van der Waals surface area contributed by atoms with Gasteiger partial charge in [0.2, 0.25) is 0 Å². The molecule has 6 nitrogen and oxygen atoms in total. The van der Waals surface area contributed by atoms with Crippen molar-refractivity contribution in [3.63, 3.8) is 0 Å². The fourth-order valence-corrected chi connectivity index (χ4v) is 2.48. The molecule has 0 bridgehead atoms. The highest BCUT2D eigenvalue weighted by Gasteiger charge is 2.24. The Morgan fingerprint density at radius 3 is 2.42 bits per heavy atom. The summed E-state index contributed by atoms with van der Waals surface area (Å²) in [6.07, 6.45) is 0.936. The van der Waals surface area contributed by atoms with Crippen LogP contribution < -0.4 is 10.1 Å². The largest absolute Gasteiger partial charge is 0.450 e. The molecule has 0 spiro atoms. The number of nitrogens with zero attached hydrogens (tertiary/aromatic N) is 1. The topological polar surface area (TPSA) is 67.9 Å². The maximum Gasteiger partial charge on any atom is 0.409 e. The average Bonchev–Trinajstić information content (AvgIpc) is 2.56. The zero-order valence-electron chi connectivity index (χ0n) is 13.3. The van der Waals surface area contributed by atoms with Crippen molar-refractivity contribution in [2.45, 2.75) is 32.4 Å². The van der Waals surface area contributed by atoms with Crippen molar-refractivity contribution < 1.29 is 27.8 Å². The predicted octanol–water partition coefficient (Wildman–Crippen LogP) is 2.64. The molecule has 1 heterocycles. The summed E-state index contributed by atoms with van der Waals surface area (Å²) in [5, 5.41) is 2.88. The van der Waals surface area contributed by atoms with E-state index in [-0.39, 0.29) is 23.8 Å². The van der Waals surface area contributed by atoms with Crippen LogP contribution in [0.5, 0.6) is 5.75 Å². The molecule has 132 valence electrons. The van der Waals surface area contributed by atoms with Crippen LogP contribution in [0, 0.1) is 0 Å². The van der Waals surface area contributed by atoms with E-state index < -0.39 is 6.61 Å². The highest BCUT2D eigenvalue weighted by atomic mass is 19.3. The van der Waals surface area contributed by atoms with Gasteiger partial charge in [-0.1, -0.05) is 0 Å². The number of benzene rings is 1. The van der Waals surface area contributed by atoms with Crippen molar-refractivity contribution in [3.05, 3.63) is 29.8 Å². The number of hydrogen-bond acceptors (Lipinski definition) is 4. The molecule has 2 rings (SSSR count). The summed E-state index contributed by atoms with van der Waals surface area (Å²) >= 11 is 0. The zero-order valence-corrected chi connectivity index (χ0v) is 13.3.